The SMILES string of the molecule is CC1CCN(Cc2csc(NC(=O)Cc3ccc(Br)cc3)n2)CC1. The smallest absolute Gasteiger partial charge is 0.230 e. The van der Waals surface area contributed by atoms with Crippen molar-refractivity contribution < 1.29 is 4.79 Å². The van der Waals surface area contributed by atoms with Crippen molar-refractivity contribution in [3.05, 3.63) is 45.4 Å². The van der Waals surface area contributed by atoms with Gasteiger partial charge in [0.1, 0.15) is 0 Å². The van der Waals surface area contributed by atoms with Gasteiger partial charge in [-0.25, -0.2) is 4.98 Å². The Kier molecular flexibility index (Phi) is 6.03. The predicted molar refractivity (Wildman–Crippen MR) is 102 cm³/mol. The van der Waals surface area contributed by atoms with Crippen molar-refractivity contribution in [1.29, 1.82) is 0 Å². The van der Waals surface area contributed by atoms with Gasteiger partial charge in [-0.15, -0.1) is 11.3 Å². The first kappa shape index (κ1) is 17.6. The first-order chi connectivity index (χ1) is 11.6. The fraction of sp³-hybridized carbons (Fsp3) is 0.444. The van der Waals surface area contributed by atoms with Gasteiger partial charge in [0.15, 0.2) is 5.13 Å². The fourth-order valence-electron chi connectivity index (χ4n) is 2.84. The molecule has 0 spiro atoms. The number of aromatic nitrogens is 1. The molecule has 0 saturated carbocycles. The Morgan fingerprint density at radius 1 is 1.33 bits per heavy atom. The molecule has 1 aliphatic heterocycles. The fourth-order valence-corrected chi connectivity index (χ4v) is 3.82. The van der Waals surface area contributed by atoms with Crippen molar-refractivity contribution in [2.45, 2.75) is 32.7 Å². The number of hydrogen-bond acceptors (Lipinski definition) is 4. The number of carbonyl (C=O) groups excluding carboxylic acids is 1. The van der Waals surface area contributed by atoms with Crippen LogP contribution in [0.2, 0.25) is 0 Å². The van der Waals surface area contributed by atoms with Crippen molar-refractivity contribution in [1.82, 2.24) is 9.88 Å². The van der Waals surface area contributed by atoms with Gasteiger partial charge < -0.3 is 5.32 Å². The number of carbonyl (C=O) groups is 1. The average molecular weight is 408 g/mol. The number of piperidine rings is 1. The van der Waals surface area contributed by atoms with Crippen LogP contribution >= 0.6 is 27.3 Å². The summed E-state index contributed by atoms with van der Waals surface area (Å²) in [6.07, 6.45) is 2.90. The van der Waals surface area contributed by atoms with E-state index in [0.717, 1.165) is 41.3 Å². The number of anilines is 1. The van der Waals surface area contributed by atoms with E-state index in [-0.39, 0.29) is 5.91 Å². The maximum absolute atomic E-state index is 12.1. The number of nitrogens with zero attached hydrogens (tertiary/aromatic N) is 2. The Balaban J connectivity index is 1.50. The molecule has 0 aliphatic carbocycles. The summed E-state index contributed by atoms with van der Waals surface area (Å²) in [5.41, 5.74) is 2.04. The van der Waals surface area contributed by atoms with Gasteiger partial charge in [0.05, 0.1) is 12.1 Å². The van der Waals surface area contributed by atoms with E-state index in [2.05, 4.69) is 38.1 Å². The lowest BCUT2D eigenvalue weighted by Gasteiger charge is -2.29. The molecule has 0 bridgehead atoms. The topological polar surface area (TPSA) is 45.2 Å². The molecule has 0 radical (unpaired) electrons. The highest BCUT2D eigenvalue weighted by atomic mass is 79.9. The molecule has 0 unspecified atom stereocenters. The lowest BCUT2D eigenvalue weighted by atomic mass is 9.99. The number of hydrogen-bond donors (Lipinski definition) is 1. The van der Waals surface area contributed by atoms with Crippen LogP contribution in [0.15, 0.2) is 34.1 Å². The lowest BCUT2D eigenvalue weighted by molar-refractivity contribution is -0.115. The normalized spacial score (nSPS) is 16.2. The molecule has 1 aromatic carbocycles. The lowest BCUT2D eigenvalue weighted by Crippen LogP contribution is -2.32. The van der Waals surface area contributed by atoms with Crippen LogP contribution in [0.1, 0.15) is 31.0 Å². The Hall–Kier alpha value is -1.24. The zero-order valence-corrected chi connectivity index (χ0v) is 16.2. The summed E-state index contributed by atoms with van der Waals surface area (Å²) in [6.45, 7) is 5.49. The van der Waals surface area contributed by atoms with Gasteiger partial charge in [-0.2, -0.15) is 0 Å². The summed E-state index contributed by atoms with van der Waals surface area (Å²) in [7, 11) is 0. The zero-order chi connectivity index (χ0) is 16.9. The molecule has 6 heteroatoms. The van der Waals surface area contributed by atoms with Gasteiger partial charge in [-0.3, -0.25) is 9.69 Å². The molecular weight excluding hydrogens is 386 g/mol. The van der Waals surface area contributed by atoms with Crippen LogP contribution in [0.5, 0.6) is 0 Å². The summed E-state index contributed by atoms with van der Waals surface area (Å²) in [6, 6.07) is 7.80. The molecule has 1 fully saturated rings. The van der Waals surface area contributed by atoms with Gasteiger partial charge >= 0.3 is 0 Å². The second-order valence-electron chi connectivity index (χ2n) is 6.45. The van der Waals surface area contributed by atoms with Gasteiger partial charge in [-0.1, -0.05) is 35.0 Å². The maximum atomic E-state index is 12.1. The Morgan fingerprint density at radius 2 is 2.04 bits per heavy atom. The molecule has 24 heavy (non-hydrogen) atoms. The molecule has 1 saturated heterocycles. The second-order valence-corrected chi connectivity index (χ2v) is 8.23. The Morgan fingerprint density at radius 3 is 2.75 bits per heavy atom. The maximum Gasteiger partial charge on any atom is 0.230 e. The molecule has 1 aliphatic rings. The zero-order valence-electron chi connectivity index (χ0n) is 13.8. The van der Waals surface area contributed by atoms with E-state index in [1.807, 2.05) is 29.6 Å². The summed E-state index contributed by atoms with van der Waals surface area (Å²) >= 11 is 4.90. The average Bonchev–Trinajstić information content (AvgIpc) is 2.99. The molecule has 128 valence electrons. The van der Waals surface area contributed by atoms with Crippen molar-refractivity contribution >= 4 is 38.3 Å². The molecule has 0 atom stereocenters. The molecule has 1 aromatic heterocycles. The molecule has 2 aromatic rings. The van der Waals surface area contributed by atoms with Crippen LogP contribution in [0.25, 0.3) is 0 Å². The third kappa shape index (κ3) is 5.13. The van der Waals surface area contributed by atoms with E-state index in [1.165, 1.54) is 24.2 Å². The molecule has 1 amide bonds. The van der Waals surface area contributed by atoms with Crippen molar-refractivity contribution in [3.8, 4) is 0 Å². The number of benzene rings is 1. The highest BCUT2D eigenvalue weighted by Crippen LogP contribution is 2.21. The van der Waals surface area contributed by atoms with Crippen molar-refractivity contribution in [3.63, 3.8) is 0 Å². The van der Waals surface area contributed by atoms with Crippen LogP contribution in [0.3, 0.4) is 0 Å². The quantitative estimate of drug-likeness (QED) is 0.802. The van der Waals surface area contributed by atoms with E-state index in [4.69, 9.17) is 0 Å². The number of nitrogens with one attached hydrogen (secondary N) is 1. The predicted octanol–water partition coefficient (Wildman–Crippen LogP) is 4.32. The molecular formula is C18H22BrN3OS. The minimum Gasteiger partial charge on any atom is -0.302 e. The van der Waals surface area contributed by atoms with Crippen LogP contribution in [-0.4, -0.2) is 28.9 Å². The second kappa shape index (κ2) is 8.23. The van der Waals surface area contributed by atoms with Gasteiger partial charge in [0.2, 0.25) is 5.91 Å². The molecule has 3 rings (SSSR count). The minimum absolute atomic E-state index is 0.0231. The number of halogens is 1. The standard InChI is InChI=1S/C18H22BrN3OS/c1-13-6-8-22(9-7-13)11-16-12-24-18(20-16)21-17(23)10-14-2-4-15(19)5-3-14/h2-5,12-13H,6-11H2,1H3,(H,20,21,23). The number of likely N-dealkylation sites (tertiary alicyclic amines) is 1. The van der Waals surface area contributed by atoms with Crippen LogP contribution < -0.4 is 5.32 Å². The summed E-state index contributed by atoms with van der Waals surface area (Å²) in [5, 5.41) is 5.65. The summed E-state index contributed by atoms with van der Waals surface area (Å²) in [4.78, 5) is 19.1. The third-order valence-electron chi connectivity index (χ3n) is 4.34. The summed E-state index contributed by atoms with van der Waals surface area (Å²) < 4.78 is 1.02. The minimum atomic E-state index is -0.0231. The summed E-state index contributed by atoms with van der Waals surface area (Å²) in [5.74, 6) is 0.815. The van der Waals surface area contributed by atoms with Gasteiger partial charge in [-0.05, 0) is 49.5 Å². The monoisotopic (exact) mass is 407 g/mol. The van der Waals surface area contributed by atoms with E-state index in [1.54, 1.807) is 0 Å². The Bertz CT molecular complexity index is 678. The van der Waals surface area contributed by atoms with Crippen molar-refractivity contribution in [2.24, 2.45) is 5.92 Å². The van der Waals surface area contributed by atoms with E-state index in [9.17, 15) is 4.79 Å². The first-order valence-corrected chi connectivity index (χ1v) is 9.97. The number of rotatable bonds is 5. The Labute approximate surface area is 155 Å². The highest BCUT2D eigenvalue weighted by Gasteiger charge is 2.17. The molecule has 1 N–H and O–H groups in total. The van der Waals surface area contributed by atoms with Gasteiger partial charge in [0, 0.05) is 16.4 Å². The number of thiazole rings is 1. The van der Waals surface area contributed by atoms with Gasteiger partial charge in [0.25, 0.3) is 0 Å². The largest absolute Gasteiger partial charge is 0.302 e. The molecule has 4 nitrogen and oxygen atoms in total. The first-order valence-electron chi connectivity index (χ1n) is 8.29. The van der Waals surface area contributed by atoms with Crippen LogP contribution in [0.4, 0.5) is 5.13 Å². The van der Waals surface area contributed by atoms with E-state index in [0.29, 0.717) is 11.6 Å². The van der Waals surface area contributed by atoms with Crippen LogP contribution in [0, 0.1) is 5.92 Å². The van der Waals surface area contributed by atoms with E-state index >= 15 is 0 Å². The van der Waals surface area contributed by atoms with Crippen LogP contribution in [-0.2, 0) is 17.8 Å². The van der Waals surface area contributed by atoms with E-state index < -0.39 is 0 Å². The molecule has 2 heterocycles. The number of amides is 1. The third-order valence-corrected chi connectivity index (χ3v) is 5.67. The van der Waals surface area contributed by atoms with Crippen molar-refractivity contribution in [2.75, 3.05) is 18.4 Å². The highest BCUT2D eigenvalue weighted by molar-refractivity contribution is 9.10.